The third kappa shape index (κ3) is 4.15. The van der Waals surface area contributed by atoms with Crippen molar-refractivity contribution in [3.05, 3.63) is 126 Å². The molecule has 1 N–H and O–H groups in total. The van der Waals surface area contributed by atoms with Crippen molar-refractivity contribution in [2.75, 3.05) is 16.8 Å². The van der Waals surface area contributed by atoms with E-state index < -0.39 is 6.04 Å². The Labute approximate surface area is 237 Å². The van der Waals surface area contributed by atoms with E-state index >= 15 is 4.39 Å². The number of fused-ring (bicyclic) bond motifs is 4. The minimum Gasteiger partial charge on any atom is -0.492 e. The molecular weight excluding hydrogens is 515 g/mol. The standard InChI is InChI=1S/C33H27FN6O/c1-3-41-28-20-12-10-18-26(28)36-31-33-37-32-29(21(2)38-40(32)22-13-5-4-6-14-22)30(23-15-7-8-16-24(23)34)39(33)27-19-11-9-17-25(27)35-31/h4-20,30H,3H2,1-2H3,(H,35,36)/t30-/m1/s1. The smallest absolute Gasteiger partial charge is 0.179 e. The Bertz CT molecular complexity index is 1830. The average molecular weight is 543 g/mol. The van der Waals surface area contributed by atoms with Gasteiger partial charge in [-0.25, -0.2) is 19.1 Å². The van der Waals surface area contributed by atoms with Crippen molar-refractivity contribution < 1.29 is 9.13 Å². The van der Waals surface area contributed by atoms with Gasteiger partial charge in [-0.2, -0.15) is 5.10 Å². The van der Waals surface area contributed by atoms with Gasteiger partial charge >= 0.3 is 0 Å². The summed E-state index contributed by atoms with van der Waals surface area (Å²) in [6.07, 6.45) is 0. The summed E-state index contributed by atoms with van der Waals surface area (Å²) >= 11 is 0. The fourth-order valence-corrected chi connectivity index (χ4v) is 5.52. The first-order valence-electron chi connectivity index (χ1n) is 13.6. The highest BCUT2D eigenvalue weighted by Crippen LogP contribution is 2.48. The molecule has 0 amide bonds. The Hall–Kier alpha value is -5.24. The van der Waals surface area contributed by atoms with Crippen molar-refractivity contribution in [2.24, 2.45) is 9.98 Å². The molecule has 0 fully saturated rings. The summed E-state index contributed by atoms with van der Waals surface area (Å²) in [6, 6.07) is 31.8. The number of ether oxygens (including phenoxy) is 1. The van der Waals surface area contributed by atoms with E-state index in [1.807, 2.05) is 110 Å². The molecule has 2 aliphatic heterocycles. The predicted molar refractivity (Wildman–Crippen MR) is 161 cm³/mol. The SMILES string of the molecule is CCOc1ccccc1NC1=Nc2ccccc2N2C1=Nc1c(c(C)nn1-c1ccccc1)[C@H]2c1ccccc1F. The second-order valence-corrected chi connectivity index (χ2v) is 9.80. The minimum absolute atomic E-state index is 0.298. The van der Waals surface area contributed by atoms with Crippen LogP contribution < -0.4 is 15.0 Å². The Morgan fingerprint density at radius 2 is 1.59 bits per heavy atom. The van der Waals surface area contributed by atoms with Crippen molar-refractivity contribution >= 4 is 34.6 Å². The van der Waals surface area contributed by atoms with Crippen molar-refractivity contribution in [1.29, 1.82) is 0 Å². The molecule has 1 aromatic heterocycles. The van der Waals surface area contributed by atoms with E-state index in [0.29, 0.717) is 35.4 Å². The molecule has 3 heterocycles. The van der Waals surface area contributed by atoms with E-state index in [-0.39, 0.29) is 5.82 Å². The van der Waals surface area contributed by atoms with Crippen LogP contribution in [0, 0.1) is 12.7 Å². The molecular formula is C33H27FN6O. The first-order valence-corrected chi connectivity index (χ1v) is 13.6. The van der Waals surface area contributed by atoms with Crippen molar-refractivity contribution in [3.8, 4) is 11.4 Å². The lowest BCUT2D eigenvalue weighted by atomic mass is 9.93. The number of benzene rings is 4. The van der Waals surface area contributed by atoms with Crippen LogP contribution in [0.4, 0.5) is 27.3 Å². The predicted octanol–water partition coefficient (Wildman–Crippen LogP) is 7.51. The molecule has 0 saturated heterocycles. The van der Waals surface area contributed by atoms with Gasteiger partial charge in [0.1, 0.15) is 11.6 Å². The number of para-hydroxylation sites is 5. The van der Waals surface area contributed by atoms with Gasteiger partial charge in [-0.05, 0) is 56.3 Å². The molecule has 7 rings (SSSR count). The Balaban J connectivity index is 1.50. The summed E-state index contributed by atoms with van der Waals surface area (Å²) in [6.45, 7) is 4.43. The third-order valence-corrected chi connectivity index (χ3v) is 7.28. The first-order chi connectivity index (χ1) is 20.1. The number of nitrogens with zero attached hydrogens (tertiary/aromatic N) is 5. The summed E-state index contributed by atoms with van der Waals surface area (Å²) in [4.78, 5) is 12.3. The van der Waals surface area contributed by atoms with E-state index in [1.165, 1.54) is 6.07 Å². The summed E-state index contributed by atoms with van der Waals surface area (Å²) in [5.74, 6) is 2.14. The molecule has 0 saturated carbocycles. The Morgan fingerprint density at radius 1 is 0.854 bits per heavy atom. The number of aliphatic imine (C=N–C) groups is 2. The van der Waals surface area contributed by atoms with Crippen LogP contribution in [0.25, 0.3) is 5.69 Å². The van der Waals surface area contributed by atoms with Crippen LogP contribution in [-0.4, -0.2) is 28.1 Å². The van der Waals surface area contributed by atoms with Gasteiger partial charge in [0.05, 0.1) is 41.1 Å². The monoisotopic (exact) mass is 542 g/mol. The van der Waals surface area contributed by atoms with Gasteiger partial charge in [0.25, 0.3) is 0 Å². The topological polar surface area (TPSA) is 67.0 Å². The van der Waals surface area contributed by atoms with Gasteiger partial charge in [0.2, 0.25) is 0 Å². The van der Waals surface area contributed by atoms with Crippen LogP contribution in [0.1, 0.15) is 29.8 Å². The van der Waals surface area contributed by atoms with E-state index in [9.17, 15) is 0 Å². The molecule has 41 heavy (non-hydrogen) atoms. The van der Waals surface area contributed by atoms with Crippen molar-refractivity contribution in [2.45, 2.75) is 19.9 Å². The van der Waals surface area contributed by atoms with Crippen LogP contribution in [0.2, 0.25) is 0 Å². The molecule has 0 radical (unpaired) electrons. The van der Waals surface area contributed by atoms with Gasteiger partial charge in [-0.3, -0.25) is 0 Å². The maximum absolute atomic E-state index is 15.7. The van der Waals surface area contributed by atoms with Crippen LogP contribution >= 0.6 is 0 Å². The highest BCUT2D eigenvalue weighted by Gasteiger charge is 2.42. The second kappa shape index (κ2) is 10.1. The number of hydrogen-bond donors (Lipinski definition) is 1. The average Bonchev–Trinajstić information content (AvgIpc) is 3.34. The lowest BCUT2D eigenvalue weighted by molar-refractivity contribution is 0.342. The van der Waals surface area contributed by atoms with Crippen LogP contribution in [0.15, 0.2) is 113 Å². The summed E-state index contributed by atoms with van der Waals surface area (Å²) in [5, 5.41) is 8.40. The fraction of sp³-hybridized carbons (Fsp3) is 0.121. The van der Waals surface area contributed by atoms with Crippen molar-refractivity contribution in [3.63, 3.8) is 0 Å². The Kier molecular flexibility index (Phi) is 6.08. The highest BCUT2D eigenvalue weighted by atomic mass is 19.1. The van der Waals surface area contributed by atoms with Gasteiger partial charge in [0, 0.05) is 11.1 Å². The number of nitrogens with one attached hydrogen (secondary N) is 1. The number of aromatic nitrogens is 2. The molecule has 8 heteroatoms. The molecule has 2 aliphatic rings. The molecule has 5 aromatic rings. The number of hydrogen-bond acceptors (Lipinski definition) is 6. The number of halogens is 1. The first kappa shape index (κ1) is 24.8. The van der Waals surface area contributed by atoms with Gasteiger partial charge in [-0.15, -0.1) is 0 Å². The lowest BCUT2D eigenvalue weighted by Gasteiger charge is -2.40. The van der Waals surface area contributed by atoms with Crippen LogP contribution in [0.3, 0.4) is 0 Å². The maximum atomic E-state index is 15.7. The number of amidine groups is 2. The molecule has 4 aromatic carbocycles. The number of rotatable bonds is 5. The lowest BCUT2D eigenvalue weighted by Crippen LogP contribution is -2.46. The summed E-state index contributed by atoms with van der Waals surface area (Å²) in [7, 11) is 0. The summed E-state index contributed by atoms with van der Waals surface area (Å²) in [5.41, 5.74) is 5.36. The molecule has 0 spiro atoms. The molecule has 7 nitrogen and oxygen atoms in total. The largest absolute Gasteiger partial charge is 0.492 e. The quantitative estimate of drug-likeness (QED) is 0.250. The molecule has 1 atom stereocenters. The minimum atomic E-state index is -0.535. The normalized spacial score (nSPS) is 15.3. The molecule has 0 unspecified atom stereocenters. The second-order valence-electron chi connectivity index (χ2n) is 9.80. The van der Waals surface area contributed by atoms with Gasteiger partial charge < -0.3 is 15.0 Å². The van der Waals surface area contributed by atoms with E-state index in [1.54, 1.807) is 6.07 Å². The fourth-order valence-electron chi connectivity index (χ4n) is 5.52. The zero-order valence-electron chi connectivity index (χ0n) is 22.6. The van der Waals surface area contributed by atoms with E-state index in [2.05, 4.69) is 10.2 Å². The van der Waals surface area contributed by atoms with Crippen LogP contribution in [-0.2, 0) is 0 Å². The number of aryl methyl sites for hydroxylation is 1. The van der Waals surface area contributed by atoms with Gasteiger partial charge in [-0.1, -0.05) is 60.7 Å². The Morgan fingerprint density at radius 3 is 2.41 bits per heavy atom. The number of anilines is 2. The molecule has 0 bridgehead atoms. The molecule has 0 aliphatic carbocycles. The van der Waals surface area contributed by atoms with E-state index in [0.717, 1.165) is 34.0 Å². The molecule has 202 valence electrons. The van der Waals surface area contributed by atoms with Crippen LogP contribution in [0.5, 0.6) is 5.75 Å². The van der Waals surface area contributed by atoms with Crippen molar-refractivity contribution in [1.82, 2.24) is 9.78 Å². The van der Waals surface area contributed by atoms with Gasteiger partial charge in [0.15, 0.2) is 17.5 Å². The van der Waals surface area contributed by atoms with E-state index in [4.69, 9.17) is 19.8 Å². The zero-order valence-corrected chi connectivity index (χ0v) is 22.6. The zero-order chi connectivity index (χ0) is 27.9. The maximum Gasteiger partial charge on any atom is 0.179 e. The highest BCUT2D eigenvalue weighted by molar-refractivity contribution is 6.51. The third-order valence-electron chi connectivity index (χ3n) is 7.28. The summed E-state index contributed by atoms with van der Waals surface area (Å²) < 4.78 is 23.4.